The van der Waals surface area contributed by atoms with Gasteiger partial charge in [0.1, 0.15) is 0 Å². The van der Waals surface area contributed by atoms with Crippen LogP contribution in [0.2, 0.25) is 0 Å². The van der Waals surface area contributed by atoms with E-state index in [4.69, 9.17) is 9.47 Å². The highest BCUT2D eigenvalue weighted by Crippen LogP contribution is 2.34. The molecule has 0 fully saturated rings. The van der Waals surface area contributed by atoms with E-state index < -0.39 is 10.0 Å². The Morgan fingerprint density at radius 1 is 0.875 bits per heavy atom. The van der Waals surface area contributed by atoms with Crippen LogP contribution in [0.1, 0.15) is 16.7 Å². The lowest BCUT2D eigenvalue weighted by atomic mass is 10.1. The van der Waals surface area contributed by atoms with E-state index in [0.29, 0.717) is 22.1 Å². The first-order valence-corrected chi connectivity index (χ1v) is 8.95. The van der Waals surface area contributed by atoms with Crippen LogP contribution in [0.5, 0.6) is 11.5 Å². The van der Waals surface area contributed by atoms with Crippen molar-refractivity contribution in [3.63, 3.8) is 0 Å². The van der Waals surface area contributed by atoms with Crippen molar-refractivity contribution in [2.45, 2.75) is 25.7 Å². The number of anilines is 1. The molecule has 6 heteroatoms. The lowest BCUT2D eigenvalue weighted by Crippen LogP contribution is -2.28. The second kappa shape index (κ2) is 6.73. The van der Waals surface area contributed by atoms with Crippen LogP contribution < -0.4 is 13.8 Å². The minimum Gasteiger partial charge on any atom is -0.493 e. The molecule has 0 unspecified atom stereocenters. The first kappa shape index (κ1) is 18.1. The number of sulfonamides is 1. The predicted octanol–water partition coefficient (Wildman–Crippen LogP) is 3.45. The maximum atomic E-state index is 13.1. The first-order valence-electron chi connectivity index (χ1n) is 7.51. The number of aryl methyl sites for hydroxylation is 3. The summed E-state index contributed by atoms with van der Waals surface area (Å²) in [5.74, 6) is 1.03. The van der Waals surface area contributed by atoms with E-state index in [1.165, 1.54) is 25.6 Å². The Morgan fingerprint density at radius 3 is 1.92 bits per heavy atom. The Hall–Kier alpha value is -2.21. The van der Waals surface area contributed by atoms with E-state index >= 15 is 0 Å². The maximum Gasteiger partial charge on any atom is 0.264 e. The van der Waals surface area contributed by atoms with Gasteiger partial charge in [-0.2, -0.15) is 0 Å². The molecule has 0 atom stereocenters. The molecule has 2 rings (SSSR count). The molecular weight excluding hydrogens is 326 g/mol. The van der Waals surface area contributed by atoms with Crippen molar-refractivity contribution >= 4 is 15.7 Å². The maximum absolute atomic E-state index is 13.1. The third-order valence-corrected chi connectivity index (χ3v) is 6.05. The molecule has 0 amide bonds. The first-order chi connectivity index (χ1) is 11.2. The average Bonchev–Trinajstić information content (AvgIpc) is 2.52. The minimum atomic E-state index is -3.68. The predicted molar refractivity (Wildman–Crippen MR) is 95.8 cm³/mol. The molecule has 0 N–H and O–H groups in total. The molecule has 2 aromatic carbocycles. The zero-order valence-corrected chi connectivity index (χ0v) is 15.7. The van der Waals surface area contributed by atoms with Gasteiger partial charge in [-0.05, 0) is 44.0 Å². The van der Waals surface area contributed by atoms with Crippen molar-refractivity contribution in [2.24, 2.45) is 0 Å². The van der Waals surface area contributed by atoms with Gasteiger partial charge >= 0.3 is 0 Å². The highest BCUT2D eigenvalue weighted by Gasteiger charge is 2.26. The molecule has 0 aliphatic rings. The molecule has 0 aliphatic carbocycles. The summed E-state index contributed by atoms with van der Waals surface area (Å²) in [5, 5.41) is 0. The third kappa shape index (κ3) is 3.19. The van der Waals surface area contributed by atoms with Crippen molar-refractivity contribution in [3.8, 4) is 11.5 Å². The molecule has 24 heavy (non-hydrogen) atoms. The molecule has 2 aromatic rings. The van der Waals surface area contributed by atoms with Crippen LogP contribution in [0.15, 0.2) is 35.2 Å². The molecule has 0 aromatic heterocycles. The van der Waals surface area contributed by atoms with Crippen molar-refractivity contribution in [3.05, 3.63) is 47.0 Å². The zero-order valence-electron chi connectivity index (χ0n) is 14.9. The van der Waals surface area contributed by atoms with Crippen molar-refractivity contribution in [1.82, 2.24) is 0 Å². The summed E-state index contributed by atoms with van der Waals surface area (Å²) in [7, 11) is 0.916. The second-order valence-corrected chi connectivity index (χ2v) is 7.65. The molecule has 130 valence electrons. The fourth-order valence-corrected chi connectivity index (χ4v) is 4.47. The Bertz CT molecular complexity index is 836. The van der Waals surface area contributed by atoms with Gasteiger partial charge in [-0.3, -0.25) is 4.31 Å². The smallest absolute Gasteiger partial charge is 0.264 e. The summed E-state index contributed by atoms with van der Waals surface area (Å²) in [5.41, 5.74) is 3.02. The number of benzene rings is 2. The average molecular weight is 349 g/mol. The molecular formula is C18H23NO4S. The molecule has 0 saturated heterocycles. The van der Waals surface area contributed by atoms with Crippen LogP contribution in [0.3, 0.4) is 0 Å². The van der Waals surface area contributed by atoms with Crippen molar-refractivity contribution in [1.29, 1.82) is 0 Å². The Balaban J connectivity index is 2.55. The highest BCUT2D eigenvalue weighted by molar-refractivity contribution is 7.92. The lowest BCUT2D eigenvalue weighted by Gasteiger charge is -2.23. The van der Waals surface area contributed by atoms with Crippen LogP contribution in [0.25, 0.3) is 0 Å². The fourth-order valence-electron chi connectivity index (χ4n) is 2.87. The number of hydrogen-bond acceptors (Lipinski definition) is 4. The van der Waals surface area contributed by atoms with Crippen molar-refractivity contribution < 1.29 is 17.9 Å². The lowest BCUT2D eigenvalue weighted by molar-refractivity contribution is 0.355. The Morgan fingerprint density at radius 2 is 1.42 bits per heavy atom. The summed E-state index contributed by atoms with van der Waals surface area (Å²) in [6.45, 7) is 5.58. The van der Waals surface area contributed by atoms with E-state index in [9.17, 15) is 8.42 Å². The van der Waals surface area contributed by atoms with Crippen LogP contribution >= 0.6 is 0 Å². The number of ether oxygens (including phenoxy) is 2. The van der Waals surface area contributed by atoms with Gasteiger partial charge in [0.2, 0.25) is 0 Å². The highest BCUT2D eigenvalue weighted by atomic mass is 32.2. The largest absolute Gasteiger partial charge is 0.493 e. The SMILES string of the molecule is COc1ccc(N(C)S(=O)(=O)c2c(C)cc(C)cc2C)cc1OC. The molecule has 0 radical (unpaired) electrons. The minimum absolute atomic E-state index is 0.338. The molecule has 5 nitrogen and oxygen atoms in total. The summed E-state index contributed by atoms with van der Waals surface area (Å²) >= 11 is 0. The summed E-state index contributed by atoms with van der Waals surface area (Å²) < 4.78 is 37.9. The van der Waals surface area contributed by atoms with Crippen LogP contribution in [-0.4, -0.2) is 29.7 Å². The van der Waals surface area contributed by atoms with Gasteiger partial charge in [0.05, 0.1) is 24.8 Å². The number of methoxy groups -OCH3 is 2. The van der Waals surface area contributed by atoms with Crippen LogP contribution in [0, 0.1) is 20.8 Å². The van der Waals surface area contributed by atoms with Gasteiger partial charge in [0.15, 0.2) is 11.5 Å². The quantitative estimate of drug-likeness (QED) is 0.829. The second-order valence-electron chi connectivity index (χ2n) is 5.74. The number of nitrogens with zero attached hydrogens (tertiary/aromatic N) is 1. The Kier molecular flexibility index (Phi) is 5.08. The zero-order chi connectivity index (χ0) is 18.1. The van der Waals surface area contributed by atoms with E-state index in [0.717, 1.165) is 16.7 Å². The third-order valence-electron chi connectivity index (χ3n) is 3.95. The van der Waals surface area contributed by atoms with E-state index in [-0.39, 0.29) is 0 Å². The van der Waals surface area contributed by atoms with Gasteiger partial charge in [-0.15, -0.1) is 0 Å². The van der Waals surface area contributed by atoms with Gasteiger partial charge in [0.25, 0.3) is 10.0 Å². The van der Waals surface area contributed by atoms with Gasteiger partial charge in [-0.25, -0.2) is 8.42 Å². The topological polar surface area (TPSA) is 55.8 Å². The molecule has 0 aliphatic heterocycles. The standard InChI is InChI=1S/C18H23NO4S/c1-12-9-13(2)18(14(3)10-12)24(20,21)19(4)15-7-8-16(22-5)17(11-15)23-6/h7-11H,1-6H3. The summed E-state index contributed by atoms with van der Waals surface area (Å²) in [4.78, 5) is 0.338. The summed E-state index contributed by atoms with van der Waals surface area (Å²) in [6, 6.07) is 8.78. The van der Waals surface area contributed by atoms with Gasteiger partial charge in [0, 0.05) is 13.1 Å². The number of hydrogen-bond donors (Lipinski definition) is 0. The number of rotatable bonds is 5. The van der Waals surface area contributed by atoms with Gasteiger partial charge in [-0.1, -0.05) is 17.7 Å². The molecule has 0 heterocycles. The van der Waals surface area contributed by atoms with E-state index in [1.54, 1.807) is 18.2 Å². The molecule has 0 saturated carbocycles. The summed E-state index contributed by atoms with van der Waals surface area (Å²) in [6.07, 6.45) is 0. The monoisotopic (exact) mass is 349 g/mol. The fraction of sp³-hybridized carbons (Fsp3) is 0.333. The Labute approximate surface area is 143 Å². The van der Waals surface area contributed by atoms with E-state index in [1.807, 2.05) is 32.9 Å². The van der Waals surface area contributed by atoms with Crippen LogP contribution in [-0.2, 0) is 10.0 Å². The van der Waals surface area contributed by atoms with E-state index in [2.05, 4.69) is 0 Å². The van der Waals surface area contributed by atoms with Crippen molar-refractivity contribution in [2.75, 3.05) is 25.6 Å². The van der Waals surface area contributed by atoms with Crippen LogP contribution in [0.4, 0.5) is 5.69 Å². The normalized spacial score (nSPS) is 11.2. The molecule has 0 spiro atoms. The van der Waals surface area contributed by atoms with Gasteiger partial charge < -0.3 is 9.47 Å². The molecule has 0 bridgehead atoms.